The zero-order valence-corrected chi connectivity index (χ0v) is 13.1. The minimum atomic E-state index is -0.569. The van der Waals surface area contributed by atoms with Crippen LogP contribution in [0.15, 0.2) is 12.2 Å². The first-order valence-corrected chi connectivity index (χ1v) is 8.27. The maximum Gasteiger partial charge on any atom is 0.246 e. The Bertz CT molecular complexity index is 414. The first-order chi connectivity index (χ1) is 10.7. The van der Waals surface area contributed by atoms with Crippen LogP contribution in [0.5, 0.6) is 0 Å². The van der Waals surface area contributed by atoms with Crippen LogP contribution in [0.3, 0.4) is 0 Å². The molecular weight excluding hydrogens is 284 g/mol. The van der Waals surface area contributed by atoms with Gasteiger partial charge in [-0.1, -0.05) is 6.08 Å². The molecule has 3 saturated heterocycles. The van der Waals surface area contributed by atoms with E-state index < -0.39 is 11.7 Å². The van der Waals surface area contributed by atoms with E-state index >= 15 is 0 Å². The third-order valence-electron chi connectivity index (χ3n) is 4.98. The fourth-order valence-electron chi connectivity index (χ4n) is 3.53. The van der Waals surface area contributed by atoms with Crippen molar-refractivity contribution in [3.63, 3.8) is 0 Å². The molecular formula is C16H26N2O4. The average Bonchev–Trinajstić information content (AvgIpc) is 3.01. The van der Waals surface area contributed by atoms with Crippen molar-refractivity contribution in [2.45, 2.75) is 31.0 Å². The highest BCUT2D eigenvalue weighted by Gasteiger charge is 2.46. The topological polar surface area (TPSA) is 62.2 Å². The molecule has 0 aromatic rings. The SMILES string of the molecule is O=C(/C=C/CN1CCOCC1)N1CC[C@]2(CCCO2)[C@H](O)C1. The maximum absolute atomic E-state index is 12.2. The minimum absolute atomic E-state index is 0.0137. The van der Waals surface area contributed by atoms with E-state index in [2.05, 4.69) is 4.90 Å². The molecule has 3 rings (SSSR count). The summed E-state index contributed by atoms with van der Waals surface area (Å²) in [6, 6.07) is 0. The highest BCUT2D eigenvalue weighted by atomic mass is 16.5. The summed E-state index contributed by atoms with van der Waals surface area (Å²) in [4.78, 5) is 16.2. The fourth-order valence-corrected chi connectivity index (χ4v) is 3.53. The number of nitrogens with zero attached hydrogens (tertiary/aromatic N) is 2. The number of likely N-dealkylation sites (tertiary alicyclic amines) is 1. The van der Waals surface area contributed by atoms with Crippen LogP contribution in [0.1, 0.15) is 19.3 Å². The van der Waals surface area contributed by atoms with Gasteiger partial charge in [0.05, 0.1) is 18.8 Å². The van der Waals surface area contributed by atoms with Gasteiger partial charge in [-0.05, 0) is 19.3 Å². The van der Waals surface area contributed by atoms with Crippen LogP contribution in [0.25, 0.3) is 0 Å². The van der Waals surface area contributed by atoms with Gasteiger partial charge in [0.2, 0.25) is 5.91 Å². The van der Waals surface area contributed by atoms with Crippen molar-refractivity contribution in [3.05, 3.63) is 12.2 Å². The fraction of sp³-hybridized carbons (Fsp3) is 0.812. The normalized spacial score (nSPS) is 33.9. The molecule has 6 heteroatoms. The van der Waals surface area contributed by atoms with E-state index in [0.29, 0.717) is 13.1 Å². The lowest BCUT2D eigenvalue weighted by Crippen LogP contribution is -2.56. The summed E-state index contributed by atoms with van der Waals surface area (Å²) in [7, 11) is 0. The molecule has 1 spiro atoms. The standard InChI is InChI=1S/C16H26N2O4/c19-14-13-18(7-5-16(14)4-2-10-22-16)15(20)3-1-6-17-8-11-21-12-9-17/h1,3,14,19H,2,4-13H2/b3-1+/t14-,16-/m1/s1. The largest absolute Gasteiger partial charge is 0.388 e. The molecule has 22 heavy (non-hydrogen) atoms. The summed E-state index contributed by atoms with van der Waals surface area (Å²) < 4.78 is 11.1. The molecule has 0 saturated carbocycles. The van der Waals surface area contributed by atoms with E-state index in [1.54, 1.807) is 11.0 Å². The quantitative estimate of drug-likeness (QED) is 0.745. The highest BCUT2D eigenvalue weighted by Crippen LogP contribution is 2.35. The summed E-state index contributed by atoms with van der Waals surface area (Å²) in [6.07, 6.45) is 5.62. The van der Waals surface area contributed by atoms with E-state index in [4.69, 9.17) is 9.47 Å². The lowest BCUT2D eigenvalue weighted by Gasteiger charge is -2.42. The van der Waals surface area contributed by atoms with Crippen molar-refractivity contribution >= 4 is 5.91 Å². The van der Waals surface area contributed by atoms with Crippen LogP contribution >= 0.6 is 0 Å². The van der Waals surface area contributed by atoms with Gasteiger partial charge in [-0.2, -0.15) is 0 Å². The Morgan fingerprint density at radius 1 is 1.23 bits per heavy atom. The smallest absolute Gasteiger partial charge is 0.246 e. The van der Waals surface area contributed by atoms with E-state index in [1.807, 2.05) is 6.08 Å². The zero-order chi connectivity index (χ0) is 15.4. The molecule has 1 N–H and O–H groups in total. The van der Waals surface area contributed by atoms with E-state index in [-0.39, 0.29) is 5.91 Å². The van der Waals surface area contributed by atoms with Crippen molar-refractivity contribution in [2.24, 2.45) is 0 Å². The van der Waals surface area contributed by atoms with Crippen molar-refractivity contribution in [2.75, 3.05) is 52.5 Å². The van der Waals surface area contributed by atoms with Crippen molar-refractivity contribution in [1.29, 1.82) is 0 Å². The van der Waals surface area contributed by atoms with E-state index in [9.17, 15) is 9.90 Å². The number of amides is 1. The Labute approximate surface area is 131 Å². The van der Waals surface area contributed by atoms with Gasteiger partial charge < -0.3 is 19.5 Å². The molecule has 0 aliphatic carbocycles. The number of hydrogen-bond donors (Lipinski definition) is 1. The molecule has 0 unspecified atom stereocenters. The monoisotopic (exact) mass is 310 g/mol. The van der Waals surface area contributed by atoms with Crippen LogP contribution in [0.2, 0.25) is 0 Å². The average molecular weight is 310 g/mol. The Kier molecular flexibility index (Phi) is 5.13. The molecule has 3 heterocycles. The van der Waals surface area contributed by atoms with Gasteiger partial charge in [0.25, 0.3) is 0 Å². The molecule has 3 aliphatic rings. The number of rotatable bonds is 3. The molecule has 0 aromatic carbocycles. The molecule has 1 amide bonds. The van der Waals surface area contributed by atoms with Crippen LogP contribution in [0.4, 0.5) is 0 Å². The molecule has 0 bridgehead atoms. The molecule has 124 valence electrons. The number of piperidine rings is 1. The minimum Gasteiger partial charge on any atom is -0.388 e. The van der Waals surface area contributed by atoms with Crippen molar-refractivity contribution in [1.82, 2.24) is 9.80 Å². The first kappa shape index (κ1) is 15.9. The van der Waals surface area contributed by atoms with Crippen LogP contribution < -0.4 is 0 Å². The van der Waals surface area contributed by atoms with Gasteiger partial charge in [0.1, 0.15) is 6.10 Å². The Hall–Kier alpha value is -0.950. The zero-order valence-electron chi connectivity index (χ0n) is 13.1. The van der Waals surface area contributed by atoms with Gasteiger partial charge >= 0.3 is 0 Å². The number of carbonyl (C=O) groups is 1. The first-order valence-electron chi connectivity index (χ1n) is 8.27. The number of aliphatic hydroxyl groups is 1. The molecule has 0 radical (unpaired) electrons. The molecule has 2 atom stereocenters. The number of hydrogen-bond acceptors (Lipinski definition) is 5. The van der Waals surface area contributed by atoms with Crippen LogP contribution in [0, 0.1) is 0 Å². The summed E-state index contributed by atoms with van der Waals surface area (Å²) in [5, 5.41) is 10.3. The summed E-state index contributed by atoms with van der Waals surface area (Å²) in [5.41, 5.74) is -0.395. The Balaban J connectivity index is 1.46. The van der Waals surface area contributed by atoms with Gasteiger partial charge in [0.15, 0.2) is 0 Å². The number of morpholine rings is 1. The van der Waals surface area contributed by atoms with E-state index in [0.717, 1.165) is 58.7 Å². The predicted molar refractivity (Wildman–Crippen MR) is 81.5 cm³/mol. The maximum atomic E-state index is 12.2. The third-order valence-corrected chi connectivity index (χ3v) is 4.98. The summed E-state index contributed by atoms with van der Waals surface area (Å²) >= 11 is 0. The Morgan fingerprint density at radius 3 is 2.73 bits per heavy atom. The van der Waals surface area contributed by atoms with Gasteiger partial charge in [-0.25, -0.2) is 0 Å². The van der Waals surface area contributed by atoms with Gasteiger partial charge in [0, 0.05) is 45.4 Å². The summed E-state index contributed by atoms with van der Waals surface area (Å²) in [6.45, 7) is 5.91. The van der Waals surface area contributed by atoms with Crippen LogP contribution in [-0.4, -0.2) is 85.1 Å². The lowest BCUT2D eigenvalue weighted by molar-refractivity contribution is -0.148. The highest BCUT2D eigenvalue weighted by molar-refractivity contribution is 5.87. The van der Waals surface area contributed by atoms with Gasteiger partial charge in [-0.3, -0.25) is 9.69 Å². The second-order valence-corrected chi connectivity index (χ2v) is 6.38. The number of carbonyl (C=O) groups excluding carboxylic acids is 1. The molecule has 3 fully saturated rings. The lowest BCUT2D eigenvalue weighted by atomic mass is 9.86. The molecule has 3 aliphatic heterocycles. The molecule has 6 nitrogen and oxygen atoms in total. The third kappa shape index (κ3) is 3.51. The number of β-amino-alcohol motifs (C(OH)–C–C–N with tert-alkyl or cyclic N) is 1. The predicted octanol–water partition coefficient (Wildman–Crippen LogP) is 0.0172. The number of aliphatic hydroxyl groups excluding tert-OH is 1. The van der Waals surface area contributed by atoms with E-state index in [1.165, 1.54) is 0 Å². The number of ether oxygens (including phenoxy) is 2. The molecule has 0 aromatic heterocycles. The van der Waals surface area contributed by atoms with Crippen molar-refractivity contribution in [3.8, 4) is 0 Å². The second kappa shape index (κ2) is 7.08. The Morgan fingerprint density at radius 2 is 2.05 bits per heavy atom. The summed E-state index contributed by atoms with van der Waals surface area (Å²) in [5.74, 6) is -0.0137. The van der Waals surface area contributed by atoms with Crippen molar-refractivity contribution < 1.29 is 19.4 Å². The second-order valence-electron chi connectivity index (χ2n) is 6.38. The van der Waals surface area contributed by atoms with Crippen LogP contribution in [-0.2, 0) is 14.3 Å². The van der Waals surface area contributed by atoms with Gasteiger partial charge in [-0.15, -0.1) is 0 Å².